The van der Waals surface area contributed by atoms with Gasteiger partial charge in [-0.25, -0.2) is 8.78 Å². The normalized spacial score (nSPS) is 10.5. The molecule has 0 aliphatic rings. The van der Waals surface area contributed by atoms with Gasteiger partial charge in [0, 0.05) is 11.8 Å². The fourth-order valence-electron chi connectivity index (χ4n) is 0.729. The summed E-state index contributed by atoms with van der Waals surface area (Å²) in [4.78, 5) is 14.0. The molecule has 6 heteroatoms. The van der Waals surface area contributed by atoms with Crippen LogP contribution in [0.2, 0.25) is 5.02 Å². The summed E-state index contributed by atoms with van der Waals surface area (Å²) >= 11 is 10.4. The summed E-state index contributed by atoms with van der Waals surface area (Å²) in [5.41, 5.74) is -0.679. The van der Waals surface area contributed by atoms with Crippen molar-refractivity contribution < 1.29 is 13.6 Å². The number of aromatic nitrogens is 1. The second kappa shape index (κ2) is 3.98. The minimum atomic E-state index is -2.75. The van der Waals surface area contributed by atoms with E-state index in [0.29, 0.717) is 0 Å². The van der Waals surface area contributed by atoms with E-state index in [1.807, 2.05) is 0 Å². The molecule has 0 bridgehead atoms. The highest BCUT2D eigenvalue weighted by Gasteiger charge is 2.15. The molecule has 0 aliphatic heterocycles. The summed E-state index contributed by atoms with van der Waals surface area (Å²) in [6.07, 6.45) is -1.77. The highest BCUT2D eigenvalue weighted by atomic mass is 35.5. The molecule has 1 rings (SSSR count). The summed E-state index contributed by atoms with van der Waals surface area (Å²) in [6.45, 7) is 0. The van der Waals surface area contributed by atoms with E-state index in [4.69, 9.17) is 23.2 Å². The molecule has 70 valence electrons. The summed E-state index contributed by atoms with van der Waals surface area (Å²) in [7, 11) is 0. The van der Waals surface area contributed by atoms with Crippen LogP contribution in [0.5, 0.6) is 0 Å². The Labute approximate surface area is 82.5 Å². The van der Waals surface area contributed by atoms with Gasteiger partial charge in [-0.2, -0.15) is 0 Å². The van der Waals surface area contributed by atoms with Gasteiger partial charge in [0.1, 0.15) is 5.69 Å². The van der Waals surface area contributed by atoms with Crippen LogP contribution < -0.4 is 0 Å². The van der Waals surface area contributed by atoms with Crippen LogP contribution in [0.25, 0.3) is 0 Å². The van der Waals surface area contributed by atoms with Gasteiger partial charge in [0.15, 0.2) is 0 Å². The van der Waals surface area contributed by atoms with Crippen molar-refractivity contribution in [2.75, 3.05) is 0 Å². The van der Waals surface area contributed by atoms with Crippen LogP contribution in [-0.2, 0) is 0 Å². The van der Waals surface area contributed by atoms with Gasteiger partial charge >= 0.3 is 0 Å². The minimum Gasteiger partial charge on any atom is -0.274 e. The lowest BCUT2D eigenvalue weighted by molar-refractivity contribution is 0.107. The molecule has 2 nitrogen and oxygen atoms in total. The minimum absolute atomic E-state index is 0.184. The maximum Gasteiger partial charge on any atom is 0.270 e. The van der Waals surface area contributed by atoms with E-state index in [2.05, 4.69) is 4.98 Å². The fourth-order valence-corrected chi connectivity index (χ4v) is 1.02. The molecule has 0 radical (unpaired) electrons. The van der Waals surface area contributed by atoms with Crippen molar-refractivity contribution in [2.45, 2.75) is 6.43 Å². The van der Waals surface area contributed by atoms with Gasteiger partial charge in [0.05, 0.1) is 5.02 Å². The zero-order chi connectivity index (χ0) is 10.0. The molecule has 0 saturated heterocycles. The lowest BCUT2D eigenvalue weighted by atomic mass is 10.2. The van der Waals surface area contributed by atoms with Crippen LogP contribution in [0.3, 0.4) is 0 Å². The number of carbonyl (C=O) groups is 1. The third kappa shape index (κ3) is 2.35. The molecule has 0 saturated carbocycles. The molecule has 0 aromatic carbocycles. The number of nitrogens with zero attached hydrogens (tertiary/aromatic N) is 1. The third-order valence-electron chi connectivity index (χ3n) is 1.32. The Kier molecular flexibility index (Phi) is 3.17. The Bertz CT molecular complexity index is 343. The number of rotatable bonds is 2. The van der Waals surface area contributed by atoms with E-state index >= 15 is 0 Å². The molecule has 1 aromatic rings. The lowest BCUT2D eigenvalue weighted by Gasteiger charge is -2.02. The molecule has 0 unspecified atom stereocenters. The average Bonchev–Trinajstić information content (AvgIpc) is 2.04. The molecule has 0 aliphatic carbocycles. The van der Waals surface area contributed by atoms with Gasteiger partial charge < -0.3 is 0 Å². The van der Waals surface area contributed by atoms with Crippen LogP contribution in [0, 0.1) is 0 Å². The van der Waals surface area contributed by atoms with Crippen molar-refractivity contribution in [1.29, 1.82) is 0 Å². The molecule has 1 heterocycles. The maximum absolute atomic E-state index is 12.2. The first kappa shape index (κ1) is 10.3. The zero-order valence-corrected chi connectivity index (χ0v) is 7.61. The number of pyridine rings is 1. The largest absolute Gasteiger partial charge is 0.274 e. The van der Waals surface area contributed by atoms with Crippen molar-refractivity contribution in [1.82, 2.24) is 4.98 Å². The van der Waals surface area contributed by atoms with E-state index in [9.17, 15) is 13.6 Å². The molecular weight excluding hydrogens is 223 g/mol. The van der Waals surface area contributed by atoms with E-state index in [0.717, 1.165) is 12.3 Å². The van der Waals surface area contributed by atoms with Crippen LogP contribution >= 0.6 is 23.2 Å². The molecule has 13 heavy (non-hydrogen) atoms. The van der Waals surface area contributed by atoms with E-state index in [-0.39, 0.29) is 10.7 Å². The highest BCUT2D eigenvalue weighted by Crippen LogP contribution is 2.26. The van der Waals surface area contributed by atoms with Crippen molar-refractivity contribution in [3.63, 3.8) is 0 Å². The first-order valence-electron chi connectivity index (χ1n) is 3.16. The summed E-state index contributed by atoms with van der Waals surface area (Å²) in [5.74, 6) is 0. The standard InChI is InChI=1S/C7H3Cl2F2NO/c8-4-2-12-5(6(9)13)1-3(4)7(10)11/h1-2,7H. The lowest BCUT2D eigenvalue weighted by Crippen LogP contribution is -1.97. The Morgan fingerprint density at radius 2 is 2.15 bits per heavy atom. The van der Waals surface area contributed by atoms with Crippen LogP contribution in [0.4, 0.5) is 8.78 Å². The number of halogens is 4. The van der Waals surface area contributed by atoms with Gasteiger partial charge in [-0.3, -0.25) is 9.78 Å². The zero-order valence-electron chi connectivity index (χ0n) is 6.10. The Balaban J connectivity index is 3.19. The summed E-state index contributed by atoms with van der Waals surface area (Å²) in [5, 5.41) is -1.07. The molecule has 1 aromatic heterocycles. The Morgan fingerprint density at radius 3 is 2.62 bits per heavy atom. The molecular formula is C7H3Cl2F2NO. The molecule has 0 N–H and O–H groups in total. The van der Waals surface area contributed by atoms with Gasteiger partial charge in [-0.15, -0.1) is 0 Å². The first-order valence-corrected chi connectivity index (χ1v) is 3.91. The summed E-state index contributed by atoms with van der Waals surface area (Å²) in [6, 6.07) is 0.877. The predicted molar refractivity (Wildman–Crippen MR) is 44.4 cm³/mol. The van der Waals surface area contributed by atoms with Gasteiger partial charge in [-0.05, 0) is 17.7 Å². The topological polar surface area (TPSA) is 30.0 Å². The quantitative estimate of drug-likeness (QED) is 0.725. The van der Waals surface area contributed by atoms with E-state index < -0.39 is 17.2 Å². The van der Waals surface area contributed by atoms with Crippen LogP contribution in [0.15, 0.2) is 12.3 Å². The average molecular weight is 226 g/mol. The predicted octanol–water partition coefficient (Wildman–Crippen LogP) is 3.05. The first-order chi connectivity index (χ1) is 6.02. The third-order valence-corrected chi connectivity index (χ3v) is 1.83. The molecule has 0 spiro atoms. The monoisotopic (exact) mass is 225 g/mol. The highest BCUT2D eigenvalue weighted by molar-refractivity contribution is 6.67. The van der Waals surface area contributed by atoms with Crippen LogP contribution in [0.1, 0.15) is 22.5 Å². The SMILES string of the molecule is O=C(Cl)c1cc(C(F)F)c(Cl)cn1. The summed E-state index contributed by atoms with van der Waals surface area (Å²) < 4.78 is 24.4. The molecule has 0 amide bonds. The van der Waals surface area contributed by atoms with Crippen LogP contribution in [-0.4, -0.2) is 10.2 Å². The number of hydrogen-bond donors (Lipinski definition) is 0. The fraction of sp³-hybridized carbons (Fsp3) is 0.143. The van der Waals surface area contributed by atoms with Gasteiger partial charge in [0.25, 0.3) is 11.7 Å². The van der Waals surface area contributed by atoms with Gasteiger partial charge in [-0.1, -0.05) is 11.6 Å². The van der Waals surface area contributed by atoms with Crippen molar-refractivity contribution in [3.8, 4) is 0 Å². The molecule has 0 atom stereocenters. The molecule has 0 fully saturated rings. The maximum atomic E-state index is 12.2. The second-order valence-corrected chi connectivity index (χ2v) is 2.92. The smallest absolute Gasteiger partial charge is 0.270 e. The Hall–Kier alpha value is -0.740. The number of carbonyl (C=O) groups excluding carboxylic acids is 1. The van der Waals surface area contributed by atoms with E-state index in [1.165, 1.54) is 0 Å². The van der Waals surface area contributed by atoms with Crippen molar-refractivity contribution >= 4 is 28.4 Å². The Morgan fingerprint density at radius 1 is 1.54 bits per heavy atom. The number of alkyl halides is 2. The van der Waals surface area contributed by atoms with E-state index in [1.54, 1.807) is 0 Å². The second-order valence-electron chi connectivity index (χ2n) is 2.17. The number of hydrogen-bond acceptors (Lipinski definition) is 2. The van der Waals surface area contributed by atoms with Gasteiger partial charge in [0.2, 0.25) is 0 Å². The van der Waals surface area contributed by atoms with Crippen molar-refractivity contribution in [3.05, 3.63) is 28.5 Å². The van der Waals surface area contributed by atoms with Crippen molar-refractivity contribution in [2.24, 2.45) is 0 Å².